The standard InChI is InChI=1S/C23H17ClF2N6OS/c24-21-18-17(11-1-2-14(25)20-16(11)13(8-27)22(28)34-20)15(26)7-12-19(18)32(30-21)5-3-10-9-29-4-6-31(10)23(12)33/h1-2,7,10,29H,3-6,9,28H2/t10-/m0/s1. The van der Waals surface area contributed by atoms with Crippen molar-refractivity contribution in [3.05, 3.63) is 46.1 Å². The van der Waals surface area contributed by atoms with Crippen molar-refractivity contribution >= 4 is 54.8 Å². The van der Waals surface area contributed by atoms with Gasteiger partial charge in [0.15, 0.2) is 5.15 Å². The first kappa shape index (κ1) is 21.3. The van der Waals surface area contributed by atoms with Crippen molar-refractivity contribution in [1.82, 2.24) is 20.0 Å². The van der Waals surface area contributed by atoms with Crippen LogP contribution in [0, 0.1) is 23.0 Å². The Morgan fingerprint density at radius 2 is 2.06 bits per heavy atom. The molecule has 4 aromatic rings. The number of fused-ring (bicyclic) bond motifs is 2. The first-order valence-corrected chi connectivity index (χ1v) is 11.9. The molecule has 0 saturated carbocycles. The molecule has 172 valence electrons. The van der Waals surface area contributed by atoms with Crippen LogP contribution in [-0.2, 0) is 6.54 Å². The summed E-state index contributed by atoms with van der Waals surface area (Å²) in [7, 11) is 0. The molecule has 34 heavy (non-hydrogen) atoms. The van der Waals surface area contributed by atoms with E-state index < -0.39 is 11.6 Å². The number of aryl methyl sites for hydroxylation is 1. The van der Waals surface area contributed by atoms with Gasteiger partial charge in [0.1, 0.15) is 22.7 Å². The summed E-state index contributed by atoms with van der Waals surface area (Å²) in [6.07, 6.45) is 0.665. The second-order valence-electron chi connectivity index (χ2n) is 8.42. The molecule has 1 amide bonds. The van der Waals surface area contributed by atoms with Gasteiger partial charge >= 0.3 is 0 Å². The van der Waals surface area contributed by atoms with E-state index in [4.69, 9.17) is 17.3 Å². The van der Waals surface area contributed by atoms with Crippen LogP contribution < -0.4 is 11.1 Å². The number of nitriles is 1. The SMILES string of the molecule is N#Cc1c(N)sc2c(F)ccc(-c3c(F)cc4c5c3c(Cl)nn5CC[C@H]3CNCCN3C4=O)c12. The number of carbonyl (C=O) groups is 1. The first-order valence-electron chi connectivity index (χ1n) is 10.7. The van der Waals surface area contributed by atoms with E-state index in [-0.39, 0.29) is 59.8 Å². The van der Waals surface area contributed by atoms with Gasteiger partial charge in [-0.3, -0.25) is 9.48 Å². The molecule has 7 nitrogen and oxygen atoms in total. The normalized spacial score (nSPS) is 18.1. The van der Waals surface area contributed by atoms with Crippen LogP contribution in [0.4, 0.5) is 13.8 Å². The van der Waals surface area contributed by atoms with Gasteiger partial charge < -0.3 is 16.0 Å². The molecule has 1 fully saturated rings. The van der Waals surface area contributed by atoms with Gasteiger partial charge in [-0.15, -0.1) is 11.3 Å². The Bertz CT molecular complexity index is 1570. The molecule has 1 saturated heterocycles. The first-order chi connectivity index (χ1) is 16.4. The second kappa shape index (κ2) is 7.63. The number of anilines is 1. The maximum atomic E-state index is 15.9. The van der Waals surface area contributed by atoms with Crippen LogP contribution in [0.2, 0.25) is 5.15 Å². The fraction of sp³-hybridized carbons (Fsp3) is 0.261. The summed E-state index contributed by atoms with van der Waals surface area (Å²) >= 11 is 7.49. The zero-order chi connectivity index (χ0) is 23.7. The number of piperazine rings is 1. The van der Waals surface area contributed by atoms with Gasteiger partial charge in [0.25, 0.3) is 5.91 Å². The molecule has 3 N–H and O–H groups in total. The van der Waals surface area contributed by atoms with Crippen molar-refractivity contribution < 1.29 is 13.6 Å². The van der Waals surface area contributed by atoms with E-state index in [2.05, 4.69) is 10.4 Å². The molecular formula is C23H17ClF2N6OS. The van der Waals surface area contributed by atoms with E-state index in [0.717, 1.165) is 11.3 Å². The van der Waals surface area contributed by atoms with E-state index >= 15 is 4.39 Å². The minimum absolute atomic E-state index is 0.0288. The van der Waals surface area contributed by atoms with E-state index in [1.807, 2.05) is 6.07 Å². The molecule has 0 aliphatic carbocycles. The van der Waals surface area contributed by atoms with Crippen LogP contribution in [0.3, 0.4) is 0 Å². The predicted molar refractivity (Wildman–Crippen MR) is 127 cm³/mol. The number of thiophene rings is 1. The fourth-order valence-electron chi connectivity index (χ4n) is 5.12. The third-order valence-electron chi connectivity index (χ3n) is 6.64. The van der Waals surface area contributed by atoms with Gasteiger partial charge in [-0.25, -0.2) is 8.78 Å². The third-order valence-corrected chi connectivity index (χ3v) is 7.93. The molecule has 2 aromatic carbocycles. The van der Waals surface area contributed by atoms with Crippen LogP contribution in [0.1, 0.15) is 22.3 Å². The summed E-state index contributed by atoms with van der Waals surface area (Å²) in [4.78, 5) is 15.3. The zero-order valence-corrected chi connectivity index (χ0v) is 19.2. The van der Waals surface area contributed by atoms with Crippen LogP contribution >= 0.6 is 22.9 Å². The van der Waals surface area contributed by atoms with Crippen LogP contribution in [0.15, 0.2) is 18.2 Å². The Balaban J connectivity index is 1.69. The average molecular weight is 499 g/mol. The van der Waals surface area contributed by atoms with E-state index in [0.29, 0.717) is 38.1 Å². The van der Waals surface area contributed by atoms with E-state index in [9.17, 15) is 14.4 Å². The van der Waals surface area contributed by atoms with Crippen LogP contribution in [0.5, 0.6) is 0 Å². The number of amides is 1. The Labute approximate surface area is 201 Å². The lowest BCUT2D eigenvalue weighted by Gasteiger charge is -2.37. The van der Waals surface area contributed by atoms with Crippen LogP contribution in [-0.4, -0.2) is 46.3 Å². The number of rotatable bonds is 1. The van der Waals surface area contributed by atoms with Crippen molar-refractivity contribution in [2.24, 2.45) is 0 Å². The van der Waals surface area contributed by atoms with Gasteiger partial charge in [0.05, 0.1) is 26.7 Å². The van der Waals surface area contributed by atoms with Crippen LogP contribution in [0.25, 0.3) is 32.1 Å². The number of nitrogens with zero attached hydrogens (tertiary/aromatic N) is 4. The number of carbonyl (C=O) groups excluding carboxylic acids is 1. The summed E-state index contributed by atoms with van der Waals surface area (Å²) in [5.41, 5.74) is 7.02. The highest BCUT2D eigenvalue weighted by atomic mass is 35.5. The summed E-state index contributed by atoms with van der Waals surface area (Å²) < 4.78 is 32.3. The maximum absolute atomic E-state index is 15.9. The molecule has 11 heteroatoms. The summed E-state index contributed by atoms with van der Waals surface area (Å²) in [6, 6.07) is 5.81. The summed E-state index contributed by atoms with van der Waals surface area (Å²) in [5.74, 6) is -1.53. The number of aromatic nitrogens is 2. The highest BCUT2D eigenvalue weighted by Gasteiger charge is 2.34. The minimum atomic E-state index is -0.703. The molecule has 0 unspecified atom stereocenters. The van der Waals surface area contributed by atoms with Gasteiger partial charge in [0, 0.05) is 43.2 Å². The Morgan fingerprint density at radius 1 is 1.24 bits per heavy atom. The van der Waals surface area contributed by atoms with Crippen molar-refractivity contribution in [2.45, 2.75) is 19.0 Å². The molecule has 6 rings (SSSR count). The second-order valence-corrected chi connectivity index (χ2v) is 9.83. The Hall–Kier alpha value is -3.26. The highest BCUT2D eigenvalue weighted by Crippen LogP contribution is 2.45. The smallest absolute Gasteiger partial charge is 0.256 e. The molecule has 1 atom stereocenters. The zero-order valence-electron chi connectivity index (χ0n) is 17.7. The molecule has 2 aliphatic rings. The van der Waals surface area contributed by atoms with Crippen molar-refractivity contribution in [3.8, 4) is 17.2 Å². The van der Waals surface area contributed by atoms with Gasteiger partial charge in [-0.1, -0.05) is 17.7 Å². The summed E-state index contributed by atoms with van der Waals surface area (Å²) in [5, 5.41) is 18.1. The Morgan fingerprint density at radius 3 is 2.85 bits per heavy atom. The lowest BCUT2D eigenvalue weighted by molar-refractivity contribution is 0.0613. The number of nitrogen functional groups attached to an aromatic ring is 1. The topological polar surface area (TPSA) is 100.0 Å². The van der Waals surface area contributed by atoms with E-state index in [1.165, 1.54) is 18.2 Å². The highest BCUT2D eigenvalue weighted by molar-refractivity contribution is 7.23. The van der Waals surface area contributed by atoms with Crippen molar-refractivity contribution in [3.63, 3.8) is 0 Å². The number of halogens is 3. The molecular weight excluding hydrogens is 482 g/mol. The number of nitrogens with two attached hydrogens (primary N) is 1. The van der Waals surface area contributed by atoms with Gasteiger partial charge in [-0.2, -0.15) is 10.4 Å². The lowest BCUT2D eigenvalue weighted by atomic mass is 9.93. The Kier molecular flexibility index (Phi) is 4.78. The molecule has 0 spiro atoms. The third kappa shape index (κ3) is 2.87. The largest absolute Gasteiger partial charge is 0.389 e. The monoisotopic (exact) mass is 498 g/mol. The van der Waals surface area contributed by atoms with Gasteiger partial charge in [0.2, 0.25) is 0 Å². The molecule has 4 heterocycles. The van der Waals surface area contributed by atoms with Crippen molar-refractivity contribution in [1.29, 1.82) is 5.26 Å². The number of hydrogen-bond donors (Lipinski definition) is 2. The lowest BCUT2D eigenvalue weighted by Crippen LogP contribution is -2.54. The van der Waals surface area contributed by atoms with Crippen molar-refractivity contribution in [2.75, 3.05) is 25.4 Å². The number of nitrogens with one attached hydrogen (secondary N) is 1. The summed E-state index contributed by atoms with van der Waals surface area (Å²) in [6.45, 7) is 2.33. The quantitative estimate of drug-likeness (QED) is 0.411. The molecule has 2 aliphatic heterocycles. The minimum Gasteiger partial charge on any atom is -0.389 e. The maximum Gasteiger partial charge on any atom is 0.256 e. The van der Waals surface area contributed by atoms with E-state index in [1.54, 1.807) is 9.58 Å². The molecule has 2 aromatic heterocycles. The molecule has 0 bridgehead atoms. The number of benzene rings is 2. The number of hydrogen-bond acceptors (Lipinski definition) is 6. The van der Waals surface area contributed by atoms with Gasteiger partial charge in [-0.05, 0) is 24.1 Å². The fourth-order valence-corrected chi connectivity index (χ4v) is 6.35. The molecule has 0 radical (unpaired) electrons. The average Bonchev–Trinajstić information content (AvgIpc) is 3.34. The predicted octanol–water partition coefficient (Wildman–Crippen LogP) is 4.12.